The predicted octanol–water partition coefficient (Wildman–Crippen LogP) is 1.46. The van der Waals surface area contributed by atoms with Gasteiger partial charge >= 0.3 is 0 Å². The smallest absolute Gasteiger partial charge is 0.170 e. The van der Waals surface area contributed by atoms with Gasteiger partial charge in [0, 0.05) is 12.0 Å². The van der Waals surface area contributed by atoms with Gasteiger partial charge < -0.3 is 9.47 Å². The summed E-state index contributed by atoms with van der Waals surface area (Å²) in [4.78, 5) is 12.2. The standard InChI is InChI=1S/C13H15FO5S/c1-18-11-5-9(10(14)6-12(11)19-2)13(15)8-3-4-20(16,17)7-8/h5-6,8H,3-4,7H2,1-2H3. The number of carbonyl (C=O) groups is 1. The quantitative estimate of drug-likeness (QED) is 0.788. The fraction of sp³-hybridized carbons (Fsp3) is 0.462. The number of hydrogen-bond acceptors (Lipinski definition) is 5. The molecule has 7 heteroatoms. The highest BCUT2D eigenvalue weighted by atomic mass is 32.2. The number of carbonyl (C=O) groups excluding carboxylic acids is 1. The van der Waals surface area contributed by atoms with E-state index in [1.165, 1.54) is 20.3 Å². The first-order valence-corrected chi connectivity index (χ1v) is 7.86. The number of methoxy groups -OCH3 is 2. The molecule has 0 bridgehead atoms. The molecule has 1 aliphatic heterocycles. The Labute approximate surface area is 116 Å². The van der Waals surface area contributed by atoms with E-state index in [-0.39, 0.29) is 35.0 Å². The first kappa shape index (κ1) is 14.8. The van der Waals surface area contributed by atoms with Gasteiger partial charge in [-0.25, -0.2) is 12.8 Å². The van der Waals surface area contributed by atoms with E-state index in [4.69, 9.17) is 9.47 Å². The first-order chi connectivity index (χ1) is 9.38. The van der Waals surface area contributed by atoms with Crippen molar-refractivity contribution in [3.63, 3.8) is 0 Å². The van der Waals surface area contributed by atoms with Gasteiger partial charge in [0.25, 0.3) is 0 Å². The molecule has 0 amide bonds. The molecule has 1 heterocycles. The van der Waals surface area contributed by atoms with Gasteiger partial charge in [-0.3, -0.25) is 4.79 Å². The highest BCUT2D eigenvalue weighted by Gasteiger charge is 2.34. The maximum atomic E-state index is 13.9. The van der Waals surface area contributed by atoms with Crippen molar-refractivity contribution in [3.05, 3.63) is 23.5 Å². The molecule has 0 aliphatic carbocycles. The summed E-state index contributed by atoms with van der Waals surface area (Å²) >= 11 is 0. The van der Waals surface area contributed by atoms with Gasteiger partial charge in [-0.05, 0) is 12.5 Å². The van der Waals surface area contributed by atoms with Crippen LogP contribution < -0.4 is 9.47 Å². The summed E-state index contributed by atoms with van der Waals surface area (Å²) in [5.41, 5.74) is -0.162. The molecule has 1 fully saturated rings. The zero-order valence-electron chi connectivity index (χ0n) is 11.2. The van der Waals surface area contributed by atoms with Crippen LogP contribution in [0.3, 0.4) is 0 Å². The third kappa shape index (κ3) is 2.77. The van der Waals surface area contributed by atoms with Crippen LogP contribution in [0, 0.1) is 11.7 Å². The summed E-state index contributed by atoms with van der Waals surface area (Å²) in [6, 6.07) is 2.32. The Kier molecular flexibility index (Phi) is 3.99. The Bertz CT molecular complexity index is 638. The van der Waals surface area contributed by atoms with Crippen LogP contribution in [0.2, 0.25) is 0 Å². The predicted molar refractivity (Wildman–Crippen MR) is 70.6 cm³/mol. The van der Waals surface area contributed by atoms with E-state index >= 15 is 0 Å². The fourth-order valence-electron chi connectivity index (χ4n) is 2.26. The monoisotopic (exact) mass is 302 g/mol. The second kappa shape index (κ2) is 5.40. The number of ether oxygens (including phenoxy) is 2. The summed E-state index contributed by atoms with van der Waals surface area (Å²) in [6.07, 6.45) is 0.231. The summed E-state index contributed by atoms with van der Waals surface area (Å²) in [5.74, 6) is -1.77. The molecule has 2 rings (SSSR count). The number of ketones is 1. The largest absolute Gasteiger partial charge is 0.493 e. The molecule has 0 saturated carbocycles. The summed E-state index contributed by atoms with van der Waals surface area (Å²) in [6.45, 7) is 0. The molecule has 110 valence electrons. The van der Waals surface area contributed by atoms with Crippen LogP contribution in [0.4, 0.5) is 4.39 Å². The van der Waals surface area contributed by atoms with Crippen molar-refractivity contribution in [3.8, 4) is 11.5 Å². The van der Waals surface area contributed by atoms with E-state index in [1.54, 1.807) is 0 Å². The van der Waals surface area contributed by atoms with Crippen LogP contribution in [-0.4, -0.2) is 39.9 Å². The normalized spacial score (nSPS) is 20.6. The van der Waals surface area contributed by atoms with Crippen molar-refractivity contribution < 1.29 is 27.1 Å². The summed E-state index contributed by atoms with van der Waals surface area (Å²) < 4.78 is 46.7. The second-order valence-electron chi connectivity index (χ2n) is 4.65. The van der Waals surface area contributed by atoms with Crippen molar-refractivity contribution >= 4 is 15.6 Å². The molecule has 0 spiro atoms. The highest BCUT2D eigenvalue weighted by molar-refractivity contribution is 7.91. The van der Waals surface area contributed by atoms with E-state index in [2.05, 4.69) is 0 Å². The maximum Gasteiger partial charge on any atom is 0.170 e. The van der Waals surface area contributed by atoms with E-state index in [9.17, 15) is 17.6 Å². The summed E-state index contributed by atoms with van der Waals surface area (Å²) in [7, 11) is -0.447. The van der Waals surface area contributed by atoms with Gasteiger partial charge in [-0.15, -0.1) is 0 Å². The number of sulfone groups is 1. The first-order valence-electron chi connectivity index (χ1n) is 6.04. The van der Waals surface area contributed by atoms with Gasteiger partial charge in [-0.2, -0.15) is 0 Å². The summed E-state index contributed by atoms with van der Waals surface area (Å²) in [5, 5.41) is 0. The van der Waals surface area contributed by atoms with E-state index < -0.39 is 27.4 Å². The van der Waals surface area contributed by atoms with Gasteiger partial charge in [-0.1, -0.05) is 0 Å². The lowest BCUT2D eigenvalue weighted by atomic mass is 9.96. The van der Waals surface area contributed by atoms with Gasteiger partial charge in [0.15, 0.2) is 27.1 Å². The van der Waals surface area contributed by atoms with Crippen molar-refractivity contribution in [1.29, 1.82) is 0 Å². The minimum atomic E-state index is -3.19. The Morgan fingerprint density at radius 2 is 1.85 bits per heavy atom. The van der Waals surface area contributed by atoms with Crippen molar-refractivity contribution in [1.82, 2.24) is 0 Å². The minimum Gasteiger partial charge on any atom is -0.493 e. The highest BCUT2D eigenvalue weighted by Crippen LogP contribution is 2.32. The van der Waals surface area contributed by atoms with Gasteiger partial charge in [0.05, 0.1) is 31.3 Å². The Morgan fingerprint density at radius 1 is 1.25 bits per heavy atom. The molecule has 5 nitrogen and oxygen atoms in total. The molecular weight excluding hydrogens is 287 g/mol. The molecule has 0 N–H and O–H groups in total. The van der Waals surface area contributed by atoms with Crippen molar-refractivity contribution in [2.45, 2.75) is 6.42 Å². The average Bonchev–Trinajstić information content (AvgIpc) is 2.78. The molecule has 1 unspecified atom stereocenters. The van der Waals surface area contributed by atoms with Crippen molar-refractivity contribution in [2.24, 2.45) is 5.92 Å². The number of Topliss-reactive ketones (excluding diaryl/α,β-unsaturated/α-hetero) is 1. The van der Waals surface area contributed by atoms with Gasteiger partial charge in [0.1, 0.15) is 5.82 Å². The lowest BCUT2D eigenvalue weighted by Crippen LogP contribution is -2.17. The Morgan fingerprint density at radius 3 is 2.35 bits per heavy atom. The van der Waals surface area contributed by atoms with E-state index in [0.717, 1.165) is 6.07 Å². The number of benzene rings is 1. The molecule has 1 aromatic rings. The number of hydrogen-bond donors (Lipinski definition) is 0. The second-order valence-corrected chi connectivity index (χ2v) is 6.88. The minimum absolute atomic E-state index is 0.0294. The lowest BCUT2D eigenvalue weighted by Gasteiger charge is -2.12. The molecule has 1 atom stereocenters. The van der Waals surface area contributed by atoms with Crippen LogP contribution in [0.1, 0.15) is 16.8 Å². The van der Waals surface area contributed by atoms with Gasteiger partial charge in [0.2, 0.25) is 0 Å². The third-order valence-corrected chi connectivity index (χ3v) is 5.11. The zero-order chi connectivity index (χ0) is 14.9. The molecule has 1 saturated heterocycles. The van der Waals surface area contributed by atoms with Crippen LogP contribution in [-0.2, 0) is 9.84 Å². The topological polar surface area (TPSA) is 69.7 Å². The SMILES string of the molecule is COc1cc(F)c(C(=O)C2CCS(=O)(=O)C2)cc1OC. The molecule has 1 aliphatic rings. The lowest BCUT2D eigenvalue weighted by molar-refractivity contribution is 0.0928. The zero-order valence-corrected chi connectivity index (χ0v) is 12.0. The number of halogens is 1. The van der Waals surface area contributed by atoms with Crippen LogP contribution >= 0.6 is 0 Å². The number of rotatable bonds is 4. The fourth-order valence-corrected chi connectivity index (χ4v) is 4.01. The Hall–Kier alpha value is -1.63. The molecule has 1 aromatic carbocycles. The van der Waals surface area contributed by atoms with E-state index in [1.807, 2.05) is 0 Å². The van der Waals surface area contributed by atoms with E-state index in [0.29, 0.717) is 0 Å². The third-order valence-electron chi connectivity index (χ3n) is 3.34. The molecule has 0 aromatic heterocycles. The Balaban J connectivity index is 2.35. The molecular formula is C13H15FO5S. The average molecular weight is 302 g/mol. The van der Waals surface area contributed by atoms with Crippen LogP contribution in [0.25, 0.3) is 0 Å². The maximum absolute atomic E-state index is 13.9. The van der Waals surface area contributed by atoms with Crippen LogP contribution in [0.5, 0.6) is 11.5 Å². The molecule has 20 heavy (non-hydrogen) atoms. The van der Waals surface area contributed by atoms with Crippen molar-refractivity contribution in [2.75, 3.05) is 25.7 Å². The molecule has 0 radical (unpaired) electrons. The van der Waals surface area contributed by atoms with Crippen LogP contribution in [0.15, 0.2) is 12.1 Å².